The molecule has 8 heteroatoms. The molecule has 0 N–H and O–H groups in total. The van der Waals surface area contributed by atoms with Gasteiger partial charge in [0.05, 0.1) is 15.6 Å². The monoisotopic (exact) mass is 414 g/mol. The fraction of sp³-hybridized carbons (Fsp3) is 0.222. The van der Waals surface area contributed by atoms with Crippen molar-refractivity contribution in [2.45, 2.75) is 12.8 Å². The Morgan fingerprint density at radius 1 is 1.12 bits per heavy atom. The molecule has 1 saturated heterocycles. The number of benzene rings is 2. The van der Waals surface area contributed by atoms with Crippen molar-refractivity contribution in [3.05, 3.63) is 62.8 Å². The summed E-state index contributed by atoms with van der Waals surface area (Å²) in [5, 5.41) is 0.461. The summed E-state index contributed by atoms with van der Waals surface area (Å²) < 4.78 is 13.5. The van der Waals surface area contributed by atoms with Crippen LogP contribution in [-0.2, 0) is 4.79 Å². The van der Waals surface area contributed by atoms with Gasteiger partial charge in [0, 0.05) is 23.7 Å². The Morgan fingerprint density at radius 3 is 2.54 bits per heavy atom. The van der Waals surface area contributed by atoms with Crippen LogP contribution in [0.2, 0.25) is 15.1 Å². The number of amides is 2. The van der Waals surface area contributed by atoms with Gasteiger partial charge in [-0.1, -0.05) is 34.8 Å². The van der Waals surface area contributed by atoms with Gasteiger partial charge in [-0.2, -0.15) is 0 Å². The molecule has 0 aliphatic carbocycles. The summed E-state index contributed by atoms with van der Waals surface area (Å²) in [6.07, 6.45) is 1.16. The van der Waals surface area contributed by atoms with E-state index in [-0.39, 0.29) is 28.2 Å². The smallest absolute Gasteiger partial charge is 0.261 e. The minimum atomic E-state index is -0.596. The molecule has 2 aromatic rings. The van der Waals surface area contributed by atoms with Crippen molar-refractivity contribution in [1.29, 1.82) is 0 Å². The fourth-order valence-electron chi connectivity index (χ4n) is 2.75. The van der Waals surface area contributed by atoms with E-state index in [4.69, 9.17) is 34.8 Å². The Morgan fingerprint density at radius 2 is 1.88 bits per heavy atom. The molecule has 0 saturated carbocycles. The van der Waals surface area contributed by atoms with Gasteiger partial charge in [-0.05, 0) is 42.8 Å². The Kier molecular flexibility index (Phi) is 5.70. The van der Waals surface area contributed by atoms with E-state index >= 15 is 0 Å². The molecule has 136 valence electrons. The molecule has 1 aliphatic heterocycles. The van der Waals surface area contributed by atoms with Gasteiger partial charge in [-0.15, -0.1) is 0 Å². The van der Waals surface area contributed by atoms with Crippen molar-refractivity contribution < 1.29 is 14.0 Å². The zero-order valence-electron chi connectivity index (χ0n) is 13.5. The van der Waals surface area contributed by atoms with Crippen molar-refractivity contribution in [1.82, 2.24) is 4.90 Å². The van der Waals surface area contributed by atoms with Crippen molar-refractivity contribution in [3.8, 4) is 0 Å². The molecule has 1 heterocycles. The van der Waals surface area contributed by atoms with Crippen molar-refractivity contribution in [2.24, 2.45) is 0 Å². The molecule has 0 aromatic heterocycles. The zero-order chi connectivity index (χ0) is 18.8. The first-order valence-corrected chi connectivity index (χ1v) is 9.00. The van der Waals surface area contributed by atoms with Gasteiger partial charge in [-0.25, -0.2) is 4.39 Å². The lowest BCUT2D eigenvalue weighted by Crippen LogP contribution is -2.42. The summed E-state index contributed by atoms with van der Waals surface area (Å²) in [7, 11) is 0. The third kappa shape index (κ3) is 3.95. The van der Waals surface area contributed by atoms with Crippen molar-refractivity contribution >= 4 is 52.3 Å². The predicted octanol–water partition coefficient (Wildman–Crippen LogP) is 5.01. The highest BCUT2D eigenvalue weighted by Crippen LogP contribution is 2.28. The molecule has 2 amide bonds. The van der Waals surface area contributed by atoms with Crippen molar-refractivity contribution in [3.63, 3.8) is 0 Å². The topological polar surface area (TPSA) is 40.6 Å². The van der Waals surface area contributed by atoms with E-state index in [1.165, 1.54) is 35.2 Å². The Labute approximate surface area is 165 Å². The number of carbonyl (C=O) groups excluding carboxylic acids is 2. The first-order chi connectivity index (χ1) is 12.4. The van der Waals surface area contributed by atoms with Crippen LogP contribution in [-0.4, -0.2) is 29.9 Å². The highest BCUT2D eigenvalue weighted by molar-refractivity contribution is 6.36. The maximum atomic E-state index is 13.5. The molecular weight excluding hydrogens is 402 g/mol. The van der Waals surface area contributed by atoms with Crippen LogP contribution < -0.4 is 4.90 Å². The summed E-state index contributed by atoms with van der Waals surface area (Å²) in [6, 6.07) is 8.49. The lowest BCUT2D eigenvalue weighted by Gasteiger charge is -2.28. The van der Waals surface area contributed by atoms with Gasteiger partial charge in [0.2, 0.25) is 5.91 Å². The molecule has 0 spiro atoms. The summed E-state index contributed by atoms with van der Waals surface area (Å²) in [4.78, 5) is 28.0. The molecule has 26 heavy (non-hydrogen) atoms. The number of rotatable bonds is 4. The first kappa shape index (κ1) is 19.0. The van der Waals surface area contributed by atoms with Gasteiger partial charge in [0.1, 0.15) is 12.5 Å². The van der Waals surface area contributed by atoms with Crippen LogP contribution in [0.15, 0.2) is 36.4 Å². The molecule has 1 aliphatic rings. The molecule has 0 radical (unpaired) electrons. The molecule has 2 aromatic carbocycles. The zero-order valence-corrected chi connectivity index (χ0v) is 15.8. The second kappa shape index (κ2) is 7.82. The summed E-state index contributed by atoms with van der Waals surface area (Å²) in [6.45, 7) is 0.559. The highest BCUT2D eigenvalue weighted by Gasteiger charge is 2.27. The third-order valence-corrected chi connectivity index (χ3v) is 4.96. The van der Waals surface area contributed by atoms with E-state index in [0.29, 0.717) is 23.7 Å². The van der Waals surface area contributed by atoms with Gasteiger partial charge in [0.25, 0.3) is 5.91 Å². The number of likely N-dealkylation sites (tertiary alicyclic amines) is 1. The molecule has 1 fully saturated rings. The summed E-state index contributed by atoms with van der Waals surface area (Å²) in [5.74, 6) is -1.10. The fourth-order valence-corrected chi connectivity index (χ4v) is 3.29. The second-order valence-electron chi connectivity index (χ2n) is 5.86. The van der Waals surface area contributed by atoms with Gasteiger partial charge in [0.15, 0.2) is 0 Å². The first-order valence-electron chi connectivity index (χ1n) is 7.86. The van der Waals surface area contributed by atoms with Crippen LogP contribution in [0.25, 0.3) is 0 Å². The predicted molar refractivity (Wildman–Crippen MR) is 100 cm³/mol. The second-order valence-corrected chi connectivity index (χ2v) is 7.11. The number of nitrogens with zero attached hydrogens (tertiary/aromatic N) is 2. The standard InChI is InChI=1S/C18H14Cl3FN2O2/c19-11-3-5-14(20)13(8-11)18(26)24(10-23-7-1-2-17(23)25)12-4-6-16(22)15(21)9-12/h3-6,8-9H,1-2,7,10H2. The number of hydrogen-bond donors (Lipinski definition) is 0. The summed E-state index contributed by atoms with van der Waals surface area (Å²) >= 11 is 18.0. The lowest BCUT2D eigenvalue weighted by molar-refractivity contribution is -0.127. The van der Waals surface area contributed by atoms with E-state index in [1.807, 2.05) is 0 Å². The molecule has 0 bridgehead atoms. The maximum absolute atomic E-state index is 13.5. The minimum Gasteiger partial charge on any atom is -0.324 e. The highest BCUT2D eigenvalue weighted by atomic mass is 35.5. The SMILES string of the molecule is O=C1CCCN1CN(C(=O)c1cc(Cl)ccc1Cl)c1ccc(F)c(Cl)c1. The lowest BCUT2D eigenvalue weighted by atomic mass is 10.1. The Hall–Kier alpha value is -1.82. The molecule has 4 nitrogen and oxygen atoms in total. The van der Waals surface area contributed by atoms with Gasteiger partial charge < -0.3 is 4.90 Å². The van der Waals surface area contributed by atoms with E-state index in [9.17, 15) is 14.0 Å². The van der Waals surface area contributed by atoms with Crippen LogP contribution in [0.3, 0.4) is 0 Å². The van der Waals surface area contributed by atoms with E-state index in [0.717, 1.165) is 6.42 Å². The summed E-state index contributed by atoms with van der Waals surface area (Å²) in [5.41, 5.74) is 0.545. The van der Waals surface area contributed by atoms with E-state index in [1.54, 1.807) is 11.0 Å². The number of anilines is 1. The normalized spacial score (nSPS) is 14.0. The number of carbonyl (C=O) groups is 2. The van der Waals surface area contributed by atoms with E-state index in [2.05, 4.69) is 0 Å². The maximum Gasteiger partial charge on any atom is 0.261 e. The van der Waals surface area contributed by atoms with Gasteiger partial charge >= 0.3 is 0 Å². The van der Waals surface area contributed by atoms with Crippen LogP contribution in [0, 0.1) is 5.82 Å². The van der Waals surface area contributed by atoms with Crippen LogP contribution in [0.4, 0.5) is 10.1 Å². The Balaban J connectivity index is 2.01. The largest absolute Gasteiger partial charge is 0.324 e. The third-order valence-electron chi connectivity index (χ3n) is 4.10. The van der Waals surface area contributed by atoms with Gasteiger partial charge in [-0.3, -0.25) is 14.5 Å². The van der Waals surface area contributed by atoms with E-state index < -0.39 is 11.7 Å². The number of halogens is 4. The number of hydrogen-bond acceptors (Lipinski definition) is 2. The minimum absolute atomic E-state index is 0.0163. The molecular formula is C18H14Cl3FN2O2. The van der Waals surface area contributed by atoms with Crippen LogP contribution in [0.1, 0.15) is 23.2 Å². The van der Waals surface area contributed by atoms with Crippen LogP contribution in [0.5, 0.6) is 0 Å². The average Bonchev–Trinajstić information content (AvgIpc) is 3.02. The Bertz CT molecular complexity index is 876. The average molecular weight is 416 g/mol. The molecule has 0 atom stereocenters. The molecule has 3 rings (SSSR count). The van der Waals surface area contributed by atoms with Crippen LogP contribution >= 0.6 is 34.8 Å². The van der Waals surface area contributed by atoms with Crippen molar-refractivity contribution in [2.75, 3.05) is 18.1 Å². The molecule has 0 unspecified atom stereocenters. The quantitative estimate of drug-likeness (QED) is 0.704.